The number of hydrogen-bond acceptors (Lipinski definition) is 3. The second kappa shape index (κ2) is 14.2. The Morgan fingerprint density at radius 3 is 2.28 bits per heavy atom. The molecule has 0 spiro atoms. The number of carbonyl (C=O) groups is 1. The molecule has 1 aliphatic rings. The van der Waals surface area contributed by atoms with Crippen molar-refractivity contribution >= 4 is 5.97 Å². The van der Waals surface area contributed by atoms with E-state index in [1.54, 1.807) is 0 Å². The van der Waals surface area contributed by atoms with E-state index in [2.05, 4.69) is 51.1 Å². The van der Waals surface area contributed by atoms with Gasteiger partial charge in [-0.15, -0.1) is 0 Å². The van der Waals surface area contributed by atoms with Gasteiger partial charge >= 0.3 is 5.97 Å². The van der Waals surface area contributed by atoms with Crippen LogP contribution in [0.3, 0.4) is 0 Å². The fourth-order valence-corrected chi connectivity index (χ4v) is 5.66. The van der Waals surface area contributed by atoms with Crippen molar-refractivity contribution in [3.05, 3.63) is 64.7 Å². The predicted molar refractivity (Wildman–Crippen MR) is 148 cm³/mol. The number of carbonyl (C=O) groups excluding carboxylic acids is 1. The van der Waals surface area contributed by atoms with E-state index in [0.717, 1.165) is 62.5 Å². The second-order valence-electron chi connectivity index (χ2n) is 10.9. The average Bonchev–Trinajstić information content (AvgIpc) is 2.90. The first-order valence-corrected chi connectivity index (χ1v) is 14.4. The highest BCUT2D eigenvalue weighted by molar-refractivity contribution is 5.85. The number of ether oxygens (including phenoxy) is 1. The molecule has 2 aromatic rings. The van der Waals surface area contributed by atoms with Crippen LogP contribution in [0.25, 0.3) is 0 Å². The minimum Gasteiger partial charge on any atom is -0.424 e. The van der Waals surface area contributed by atoms with Crippen molar-refractivity contribution in [2.45, 2.75) is 116 Å². The highest BCUT2D eigenvalue weighted by Crippen LogP contribution is 2.41. The first-order valence-electron chi connectivity index (χ1n) is 14.4. The van der Waals surface area contributed by atoms with Crippen molar-refractivity contribution < 1.29 is 9.53 Å². The fourth-order valence-electron chi connectivity index (χ4n) is 5.66. The molecule has 3 nitrogen and oxygen atoms in total. The summed E-state index contributed by atoms with van der Waals surface area (Å²) in [5.41, 5.74) is 3.36. The van der Waals surface area contributed by atoms with E-state index in [1.807, 2.05) is 18.2 Å². The molecule has 1 aliphatic carbocycles. The van der Waals surface area contributed by atoms with E-state index in [4.69, 9.17) is 4.74 Å². The summed E-state index contributed by atoms with van der Waals surface area (Å²) in [6.45, 7) is 6.78. The standard InChI is InChI=1S/C33H45NO2/c1-4-6-9-13-26(3)23-28-15-18-30(19-16-28)33(21-11-8-12-22-33)32(35)36-31-20-17-27(14-10-7-5-2)24-29(31)25-34/h15-20,24,26H,4-14,21-23H2,1-3H3. The average molecular weight is 488 g/mol. The van der Waals surface area contributed by atoms with Gasteiger partial charge in [-0.05, 0) is 66.8 Å². The van der Waals surface area contributed by atoms with E-state index >= 15 is 0 Å². The Hall–Kier alpha value is -2.60. The van der Waals surface area contributed by atoms with Crippen molar-refractivity contribution in [1.82, 2.24) is 0 Å². The van der Waals surface area contributed by atoms with Gasteiger partial charge in [-0.2, -0.15) is 5.26 Å². The van der Waals surface area contributed by atoms with Gasteiger partial charge in [0, 0.05) is 0 Å². The molecular formula is C33H45NO2. The molecule has 0 saturated heterocycles. The molecule has 1 unspecified atom stereocenters. The monoisotopic (exact) mass is 487 g/mol. The van der Waals surface area contributed by atoms with Gasteiger partial charge in [-0.1, -0.05) is 109 Å². The maximum absolute atomic E-state index is 13.7. The Balaban J connectivity index is 1.75. The molecule has 0 aliphatic heterocycles. The van der Waals surface area contributed by atoms with Gasteiger partial charge in [0.15, 0.2) is 0 Å². The minimum absolute atomic E-state index is 0.210. The number of unbranched alkanes of at least 4 members (excludes halogenated alkanes) is 4. The molecule has 1 fully saturated rings. The number of benzene rings is 2. The van der Waals surface area contributed by atoms with Crippen molar-refractivity contribution in [1.29, 1.82) is 5.26 Å². The number of aryl methyl sites for hydroxylation is 1. The largest absolute Gasteiger partial charge is 0.424 e. The Morgan fingerprint density at radius 2 is 1.61 bits per heavy atom. The molecule has 0 N–H and O–H groups in total. The lowest BCUT2D eigenvalue weighted by Gasteiger charge is -2.35. The molecule has 0 aromatic heterocycles. The molecule has 3 rings (SSSR count). The van der Waals surface area contributed by atoms with Crippen molar-refractivity contribution in [2.75, 3.05) is 0 Å². The highest BCUT2D eigenvalue weighted by Gasteiger charge is 2.43. The Labute approximate surface area is 219 Å². The van der Waals surface area contributed by atoms with Gasteiger partial charge in [0.1, 0.15) is 11.8 Å². The van der Waals surface area contributed by atoms with E-state index in [0.29, 0.717) is 17.2 Å². The third-order valence-corrected chi connectivity index (χ3v) is 7.93. The van der Waals surface area contributed by atoms with Crippen LogP contribution < -0.4 is 4.74 Å². The molecule has 1 atom stereocenters. The van der Waals surface area contributed by atoms with Gasteiger partial charge in [0.2, 0.25) is 0 Å². The first-order chi connectivity index (χ1) is 17.5. The number of nitrogens with zero attached hydrogens (tertiary/aromatic N) is 1. The number of esters is 1. The molecular weight excluding hydrogens is 442 g/mol. The predicted octanol–water partition coefficient (Wildman–Crippen LogP) is 8.86. The van der Waals surface area contributed by atoms with Crippen molar-refractivity contribution in [3.8, 4) is 11.8 Å². The lowest BCUT2D eigenvalue weighted by Crippen LogP contribution is -2.41. The zero-order valence-electron chi connectivity index (χ0n) is 22.8. The van der Waals surface area contributed by atoms with E-state index < -0.39 is 5.41 Å². The van der Waals surface area contributed by atoms with E-state index in [9.17, 15) is 10.1 Å². The van der Waals surface area contributed by atoms with Crippen molar-refractivity contribution in [3.63, 3.8) is 0 Å². The lowest BCUT2D eigenvalue weighted by atomic mass is 9.69. The summed E-state index contributed by atoms with van der Waals surface area (Å²) >= 11 is 0. The number of rotatable bonds is 13. The normalized spacial score (nSPS) is 15.7. The van der Waals surface area contributed by atoms with Gasteiger partial charge in [0.05, 0.1) is 11.0 Å². The summed E-state index contributed by atoms with van der Waals surface area (Å²) in [5, 5.41) is 9.75. The molecule has 0 heterocycles. The molecule has 0 bridgehead atoms. The topological polar surface area (TPSA) is 50.1 Å². The zero-order valence-corrected chi connectivity index (χ0v) is 22.8. The van der Waals surface area contributed by atoms with E-state index in [1.165, 1.54) is 44.1 Å². The molecule has 3 heteroatoms. The molecule has 0 radical (unpaired) electrons. The molecule has 2 aromatic carbocycles. The third kappa shape index (κ3) is 7.45. The van der Waals surface area contributed by atoms with Crippen LogP contribution in [-0.2, 0) is 23.1 Å². The lowest BCUT2D eigenvalue weighted by molar-refractivity contribution is -0.142. The second-order valence-corrected chi connectivity index (χ2v) is 10.9. The number of nitriles is 1. The fraction of sp³-hybridized carbons (Fsp3) is 0.576. The van der Waals surface area contributed by atoms with Crippen LogP contribution in [0.15, 0.2) is 42.5 Å². The molecule has 1 saturated carbocycles. The van der Waals surface area contributed by atoms with Crippen LogP contribution in [-0.4, -0.2) is 5.97 Å². The highest BCUT2D eigenvalue weighted by atomic mass is 16.5. The summed E-state index contributed by atoms with van der Waals surface area (Å²) in [6.07, 6.45) is 15.4. The van der Waals surface area contributed by atoms with Gasteiger partial charge in [-0.25, -0.2) is 0 Å². The van der Waals surface area contributed by atoms with Gasteiger partial charge < -0.3 is 4.74 Å². The maximum atomic E-state index is 13.7. The summed E-state index contributed by atoms with van der Waals surface area (Å²) in [7, 11) is 0. The molecule has 36 heavy (non-hydrogen) atoms. The molecule has 194 valence electrons. The zero-order chi connectivity index (χ0) is 25.8. The Kier molecular flexibility index (Phi) is 11.1. The maximum Gasteiger partial charge on any atom is 0.321 e. The van der Waals surface area contributed by atoms with Crippen LogP contribution in [0.4, 0.5) is 0 Å². The Morgan fingerprint density at radius 1 is 0.944 bits per heavy atom. The summed E-state index contributed by atoms with van der Waals surface area (Å²) < 4.78 is 6.00. The summed E-state index contributed by atoms with van der Waals surface area (Å²) in [4.78, 5) is 13.7. The smallest absolute Gasteiger partial charge is 0.321 e. The van der Waals surface area contributed by atoms with Crippen LogP contribution in [0, 0.1) is 17.2 Å². The van der Waals surface area contributed by atoms with Crippen LogP contribution in [0.2, 0.25) is 0 Å². The van der Waals surface area contributed by atoms with Crippen molar-refractivity contribution in [2.24, 2.45) is 5.92 Å². The quantitative estimate of drug-likeness (QED) is 0.161. The molecule has 0 amide bonds. The van der Waals surface area contributed by atoms with Crippen LogP contribution in [0.1, 0.15) is 120 Å². The van der Waals surface area contributed by atoms with Gasteiger partial charge in [-0.3, -0.25) is 4.79 Å². The Bertz CT molecular complexity index is 995. The summed E-state index contributed by atoms with van der Waals surface area (Å²) in [6, 6.07) is 16.7. The van der Waals surface area contributed by atoms with Crippen LogP contribution >= 0.6 is 0 Å². The van der Waals surface area contributed by atoms with Gasteiger partial charge in [0.25, 0.3) is 0 Å². The summed E-state index contributed by atoms with van der Waals surface area (Å²) in [5.74, 6) is 0.854. The van der Waals surface area contributed by atoms with E-state index in [-0.39, 0.29) is 5.97 Å². The SMILES string of the molecule is CCCCCc1ccc(OC(=O)C2(c3ccc(CC(C)CCCCC)cc3)CCCCC2)c(C#N)c1. The number of hydrogen-bond donors (Lipinski definition) is 0. The van der Waals surface area contributed by atoms with Crippen LogP contribution in [0.5, 0.6) is 5.75 Å². The minimum atomic E-state index is -0.629. The first kappa shape index (κ1) is 28.0. The third-order valence-electron chi connectivity index (χ3n) is 7.93.